The lowest BCUT2D eigenvalue weighted by atomic mass is 9.99. The molecule has 2 aromatic carbocycles. The van der Waals surface area contributed by atoms with Gasteiger partial charge in [-0.25, -0.2) is 0 Å². The van der Waals surface area contributed by atoms with Crippen LogP contribution >= 0.6 is 0 Å². The minimum absolute atomic E-state index is 0.122. The van der Waals surface area contributed by atoms with E-state index in [4.69, 9.17) is 4.74 Å². The van der Waals surface area contributed by atoms with Crippen LogP contribution in [-0.2, 0) is 13.0 Å². The molecule has 5 rings (SSSR count). The number of hydrogen-bond donors (Lipinski definition) is 2. The van der Waals surface area contributed by atoms with Crippen molar-refractivity contribution in [2.24, 2.45) is 5.92 Å². The first-order chi connectivity index (χ1) is 15.1. The molecule has 1 fully saturated rings. The highest BCUT2D eigenvalue weighted by atomic mass is 16.5. The molecule has 6 heteroatoms. The third-order valence-corrected chi connectivity index (χ3v) is 6.66. The number of amides is 1. The lowest BCUT2D eigenvalue weighted by molar-refractivity contribution is 0.0501. The fraction of sp³-hybridized carbons (Fsp3) is 0.480. The second kappa shape index (κ2) is 8.61. The van der Waals surface area contributed by atoms with Crippen molar-refractivity contribution in [1.82, 2.24) is 9.80 Å². The predicted octanol–water partition coefficient (Wildman–Crippen LogP) is 2.38. The Morgan fingerprint density at radius 1 is 1.03 bits per heavy atom. The van der Waals surface area contributed by atoms with Gasteiger partial charge in [-0.2, -0.15) is 0 Å². The molecule has 0 radical (unpaired) electrons. The maximum absolute atomic E-state index is 13.1. The van der Waals surface area contributed by atoms with Gasteiger partial charge in [-0.05, 0) is 54.0 Å². The van der Waals surface area contributed by atoms with E-state index in [9.17, 15) is 15.0 Å². The molecule has 0 bridgehead atoms. The summed E-state index contributed by atoms with van der Waals surface area (Å²) in [6.07, 6.45) is 1.98. The standard InChI is InChI=1S/C25H30N2O4/c28-21(15-26-10-9-17-3-1-2-4-20(17)14-26)16-27-11-12-31-23-13-19(24(29)18-5-6-18)7-8-22(23)25(27)30/h1-4,7-8,13,18,21,24,28-29H,5-6,9-12,14-16H2. The van der Waals surface area contributed by atoms with Crippen molar-refractivity contribution >= 4 is 5.91 Å². The predicted molar refractivity (Wildman–Crippen MR) is 117 cm³/mol. The minimum Gasteiger partial charge on any atom is -0.491 e. The van der Waals surface area contributed by atoms with E-state index in [-0.39, 0.29) is 12.5 Å². The molecule has 0 saturated heterocycles. The molecule has 1 aliphatic carbocycles. The molecule has 2 heterocycles. The van der Waals surface area contributed by atoms with Crippen molar-refractivity contribution in [1.29, 1.82) is 0 Å². The molecule has 2 N–H and O–H groups in total. The lowest BCUT2D eigenvalue weighted by Gasteiger charge is -2.32. The maximum Gasteiger partial charge on any atom is 0.257 e. The number of carbonyl (C=O) groups excluding carboxylic acids is 1. The van der Waals surface area contributed by atoms with E-state index in [2.05, 4.69) is 29.2 Å². The molecule has 2 unspecified atom stereocenters. The van der Waals surface area contributed by atoms with Gasteiger partial charge in [0, 0.05) is 26.2 Å². The SMILES string of the molecule is O=C1c2ccc(C(O)C3CC3)cc2OCCN1CC(O)CN1CCc2ccccc2C1. The summed E-state index contributed by atoms with van der Waals surface area (Å²) in [5.41, 5.74) is 4.02. The molecule has 1 saturated carbocycles. The number of aliphatic hydroxyl groups is 2. The fourth-order valence-corrected chi connectivity index (χ4v) is 4.74. The maximum atomic E-state index is 13.1. The number of β-amino-alcohol motifs (C(OH)–C–C–N with tert-alkyl or cyclic N) is 1. The second-order valence-corrected chi connectivity index (χ2v) is 9.05. The summed E-state index contributed by atoms with van der Waals surface area (Å²) in [5, 5.41) is 21.1. The Labute approximate surface area is 183 Å². The van der Waals surface area contributed by atoms with Gasteiger partial charge in [-0.3, -0.25) is 9.69 Å². The molecule has 2 aliphatic heterocycles. The van der Waals surface area contributed by atoms with Gasteiger partial charge in [-0.15, -0.1) is 0 Å². The summed E-state index contributed by atoms with van der Waals surface area (Å²) in [7, 11) is 0. The summed E-state index contributed by atoms with van der Waals surface area (Å²) < 4.78 is 5.85. The summed E-state index contributed by atoms with van der Waals surface area (Å²) in [5.74, 6) is 0.739. The van der Waals surface area contributed by atoms with Gasteiger partial charge in [0.1, 0.15) is 12.4 Å². The molecular formula is C25H30N2O4. The van der Waals surface area contributed by atoms with Crippen LogP contribution in [0, 0.1) is 5.92 Å². The van der Waals surface area contributed by atoms with Crippen LogP contribution in [0.5, 0.6) is 5.75 Å². The van der Waals surface area contributed by atoms with Crippen molar-refractivity contribution < 1.29 is 19.7 Å². The zero-order valence-corrected chi connectivity index (χ0v) is 17.7. The van der Waals surface area contributed by atoms with E-state index in [1.165, 1.54) is 11.1 Å². The zero-order valence-electron chi connectivity index (χ0n) is 17.7. The number of fused-ring (bicyclic) bond motifs is 2. The summed E-state index contributed by atoms with van der Waals surface area (Å²) >= 11 is 0. The number of nitrogens with zero attached hydrogens (tertiary/aromatic N) is 2. The molecule has 0 spiro atoms. The highest BCUT2D eigenvalue weighted by Crippen LogP contribution is 2.42. The molecule has 2 aromatic rings. The highest BCUT2D eigenvalue weighted by molar-refractivity contribution is 5.97. The first-order valence-electron chi connectivity index (χ1n) is 11.3. The topological polar surface area (TPSA) is 73.2 Å². The van der Waals surface area contributed by atoms with E-state index < -0.39 is 12.2 Å². The van der Waals surface area contributed by atoms with E-state index in [1.807, 2.05) is 6.07 Å². The Kier molecular flexibility index (Phi) is 5.69. The van der Waals surface area contributed by atoms with Gasteiger partial charge in [0.05, 0.1) is 24.3 Å². The molecule has 3 aliphatic rings. The Bertz CT molecular complexity index is 958. The van der Waals surface area contributed by atoms with Crippen molar-refractivity contribution in [3.05, 3.63) is 64.7 Å². The Balaban J connectivity index is 1.22. The van der Waals surface area contributed by atoms with Crippen LogP contribution in [0.2, 0.25) is 0 Å². The molecular weight excluding hydrogens is 392 g/mol. The largest absolute Gasteiger partial charge is 0.491 e. The van der Waals surface area contributed by atoms with E-state index >= 15 is 0 Å². The second-order valence-electron chi connectivity index (χ2n) is 9.05. The van der Waals surface area contributed by atoms with E-state index in [0.29, 0.717) is 36.9 Å². The molecule has 6 nitrogen and oxygen atoms in total. The van der Waals surface area contributed by atoms with Gasteiger partial charge in [0.15, 0.2) is 0 Å². The number of aliphatic hydroxyl groups excluding tert-OH is 2. The fourth-order valence-electron chi connectivity index (χ4n) is 4.74. The van der Waals surface area contributed by atoms with Gasteiger partial charge in [0.2, 0.25) is 0 Å². The molecule has 31 heavy (non-hydrogen) atoms. The van der Waals surface area contributed by atoms with Gasteiger partial charge in [0.25, 0.3) is 5.91 Å². The Morgan fingerprint density at radius 3 is 2.65 bits per heavy atom. The molecule has 1 amide bonds. The first-order valence-corrected chi connectivity index (χ1v) is 11.3. The van der Waals surface area contributed by atoms with Crippen molar-refractivity contribution in [2.75, 3.05) is 32.8 Å². The van der Waals surface area contributed by atoms with Crippen LogP contribution in [0.4, 0.5) is 0 Å². The minimum atomic E-state index is -0.619. The Hall–Kier alpha value is -2.41. The van der Waals surface area contributed by atoms with Crippen LogP contribution in [0.1, 0.15) is 46.0 Å². The molecule has 2 atom stereocenters. The van der Waals surface area contributed by atoms with Crippen LogP contribution < -0.4 is 4.74 Å². The van der Waals surface area contributed by atoms with Crippen LogP contribution in [0.15, 0.2) is 42.5 Å². The third kappa shape index (κ3) is 4.47. The average Bonchev–Trinajstić information content (AvgIpc) is 3.63. The zero-order chi connectivity index (χ0) is 21.4. The van der Waals surface area contributed by atoms with Crippen LogP contribution in [0.25, 0.3) is 0 Å². The Morgan fingerprint density at radius 2 is 1.84 bits per heavy atom. The number of ether oxygens (including phenoxy) is 1. The monoisotopic (exact) mass is 422 g/mol. The summed E-state index contributed by atoms with van der Waals surface area (Å²) in [6, 6.07) is 13.8. The third-order valence-electron chi connectivity index (χ3n) is 6.66. The molecule has 164 valence electrons. The van der Waals surface area contributed by atoms with Crippen molar-refractivity contribution in [3.63, 3.8) is 0 Å². The number of rotatable bonds is 6. The van der Waals surface area contributed by atoms with Crippen molar-refractivity contribution in [3.8, 4) is 5.75 Å². The van der Waals surface area contributed by atoms with Crippen LogP contribution in [0.3, 0.4) is 0 Å². The number of benzene rings is 2. The highest BCUT2D eigenvalue weighted by Gasteiger charge is 2.32. The number of hydrogen-bond acceptors (Lipinski definition) is 5. The van der Waals surface area contributed by atoms with E-state index in [1.54, 1.807) is 17.0 Å². The van der Waals surface area contributed by atoms with Gasteiger partial charge < -0.3 is 19.8 Å². The number of carbonyl (C=O) groups is 1. The van der Waals surface area contributed by atoms with Gasteiger partial charge >= 0.3 is 0 Å². The molecule has 0 aromatic heterocycles. The van der Waals surface area contributed by atoms with Gasteiger partial charge in [-0.1, -0.05) is 30.3 Å². The normalized spacial score (nSPS) is 21.0. The lowest BCUT2D eigenvalue weighted by Crippen LogP contribution is -2.44. The quantitative estimate of drug-likeness (QED) is 0.748. The van der Waals surface area contributed by atoms with Crippen molar-refractivity contribution in [2.45, 2.75) is 38.0 Å². The first kappa shape index (κ1) is 20.5. The summed E-state index contributed by atoms with van der Waals surface area (Å²) in [4.78, 5) is 17.1. The average molecular weight is 423 g/mol. The smallest absolute Gasteiger partial charge is 0.257 e. The van der Waals surface area contributed by atoms with E-state index in [0.717, 1.165) is 37.9 Å². The summed E-state index contributed by atoms with van der Waals surface area (Å²) in [6.45, 7) is 3.39. The van der Waals surface area contributed by atoms with Crippen LogP contribution in [-0.4, -0.2) is 64.8 Å².